The third kappa shape index (κ3) is 4.77. The molecule has 0 aliphatic carbocycles. The molecule has 0 amide bonds. The molecule has 0 aliphatic rings. The van der Waals surface area contributed by atoms with Gasteiger partial charge >= 0.3 is 0 Å². The highest BCUT2D eigenvalue weighted by Crippen LogP contribution is 2.07. The van der Waals surface area contributed by atoms with E-state index < -0.39 is 0 Å². The number of aromatic nitrogens is 2. The fraction of sp³-hybridized carbons (Fsp3) is 0.700. The van der Waals surface area contributed by atoms with E-state index in [1.54, 1.807) is 0 Å². The minimum absolute atomic E-state index is 1.03. The van der Waals surface area contributed by atoms with Crippen LogP contribution >= 0.6 is 15.9 Å². The molecule has 1 aromatic rings. The number of nitrogens with one attached hydrogen (secondary N) is 1. The normalized spacial score (nSPS) is 10.7. The van der Waals surface area contributed by atoms with Crippen molar-refractivity contribution in [1.82, 2.24) is 15.1 Å². The Hall–Kier alpha value is -0.350. The van der Waals surface area contributed by atoms with Gasteiger partial charge in [-0.2, -0.15) is 5.10 Å². The Bertz CT molecular complexity index is 247. The van der Waals surface area contributed by atoms with Crippen molar-refractivity contribution in [3.8, 4) is 0 Å². The van der Waals surface area contributed by atoms with E-state index in [0.29, 0.717) is 0 Å². The van der Waals surface area contributed by atoms with E-state index in [-0.39, 0.29) is 0 Å². The maximum atomic E-state index is 4.20. The quantitative estimate of drug-likeness (QED) is 0.763. The third-order valence-electron chi connectivity index (χ3n) is 2.09. The number of aryl methyl sites for hydroxylation is 1. The summed E-state index contributed by atoms with van der Waals surface area (Å²) in [5.41, 5.74) is 0. The molecule has 3 nitrogen and oxygen atoms in total. The summed E-state index contributed by atoms with van der Waals surface area (Å²) in [5.74, 6) is 0. The smallest absolute Gasteiger partial charge is 0.0632 e. The van der Waals surface area contributed by atoms with E-state index in [0.717, 1.165) is 24.1 Å². The zero-order valence-electron chi connectivity index (χ0n) is 8.67. The Morgan fingerprint density at radius 1 is 1.43 bits per heavy atom. The van der Waals surface area contributed by atoms with Gasteiger partial charge in [0.25, 0.3) is 0 Å². The molecular formula is C10H18BrN3. The topological polar surface area (TPSA) is 29.9 Å². The molecule has 0 fully saturated rings. The third-order valence-corrected chi connectivity index (χ3v) is 2.50. The molecule has 14 heavy (non-hydrogen) atoms. The zero-order valence-corrected chi connectivity index (χ0v) is 10.3. The van der Waals surface area contributed by atoms with Crippen molar-refractivity contribution >= 4 is 15.9 Å². The molecule has 0 radical (unpaired) electrons. The summed E-state index contributed by atoms with van der Waals surface area (Å²) >= 11 is 3.38. The average molecular weight is 260 g/mol. The number of hydrogen-bond acceptors (Lipinski definition) is 2. The second kappa shape index (κ2) is 7.01. The van der Waals surface area contributed by atoms with E-state index in [1.165, 1.54) is 19.3 Å². The molecule has 0 bridgehead atoms. The van der Waals surface area contributed by atoms with Crippen molar-refractivity contribution in [2.45, 2.75) is 32.7 Å². The molecule has 0 aliphatic heterocycles. The number of hydrogen-bond donors (Lipinski definition) is 1. The van der Waals surface area contributed by atoms with Gasteiger partial charge in [0.15, 0.2) is 0 Å². The van der Waals surface area contributed by atoms with E-state index in [9.17, 15) is 0 Å². The largest absolute Gasteiger partial charge is 0.317 e. The molecule has 0 saturated heterocycles. The van der Waals surface area contributed by atoms with Crippen LogP contribution in [-0.4, -0.2) is 22.9 Å². The highest BCUT2D eigenvalue weighted by atomic mass is 79.9. The maximum Gasteiger partial charge on any atom is 0.0632 e. The summed E-state index contributed by atoms with van der Waals surface area (Å²) in [4.78, 5) is 0. The Labute approximate surface area is 94.0 Å². The van der Waals surface area contributed by atoms with Crippen molar-refractivity contribution in [1.29, 1.82) is 0 Å². The molecule has 1 rings (SSSR count). The van der Waals surface area contributed by atoms with Crippen molar-refractivity contribution in [3.63, 3.8) is 0 Å². The first-order chi connectivity index (χ1) is 6.83. The second-order valence-electron chi connectivity index (χ2n) is 3.34. The summed E-state index contributed by atoms with van der Waals surface area (Å²) in [6.07, 6.45) is 7.59. The first kappa shape index (κ1) is 11.7. The lowest BCUT2D eigenvalue weighted by molar-refractivity contribution is 0.532. The number of halogens is 1. The second-order valence-corrected chi connectivity index (χ2v) is 4.25. The van der Waals surface area contributed by atoms with Gasteiger partial charge in [0.2, 0.25) is 0 Å². The van der Waals surface area contributed by atoms with Crippen LogP contribution in [0.5, 0.6) is 0 Å². The van der Waals surface area contributed by atoms with Gasteiger partial charge in [-0.1, -0.05) is 13.3 Å². The summed E-state index contributed by atoms with van der Waals surface area (Å²) in [6.45, 7) is 5.38. The van der Waals surface area contributed by atoms with Crippen molar-refractivity contribution in [3.05, 3.63) is 16.9 Å². The van der Waals surface area contributed by atoms with Crippen molar-refractivity contribution in [2.75, 3.05) is 13.1 Å². The van der Waals surface area contributed by atoms with Crippen molar-refractivity contribution < 1.29 is 0 Å². The molecule has 0 saturated carbocycles. The number of unbranched alkanes of at least 4 members (excludes halogenated alkanes) is 2. The number of rotatable bonds is 7. The fourth-order valence-electron chi connectivity index (χ4n) is 1.34. The van der Waals surface area contributed by atoms with Gasteiger partial charge in [-0.3, -0.25) is 4.68 Å². The lowest BCUT2D eigenvalue weighted by Crippen LogP contribution is -2.13. The molecule has 0 spiro atoms. The van der Waals surface area contributed by atoms with E-state index in [4.69, 9.17) is 0 Å². The Morgan fingerprint density at radius 2 is 2.29 bits per heavy atom. The lowest BCUT2D eigenvalue weighted by Gasteiger charge is -2.02. The van der Waals surface area contributed by atoms with Crippen LogP contribution < -0.4 is 5.32 Å². The van der Waals surface area contributed by atoms with Crippen LogP contribution in [-0.2, 0) is 6.54 Å². The van der Waals surface area contributed by atoms with Gasteiger partial charge in [-0.05, 0) is 41.9 Å². The summed E-state index contributed by atoms with van der Waals surface area (Å²) in [5, 5.41) is 7.53. The average Bonchev–Trinajstić information content (AvgIpc) is 2.58. The van der Waals surface area contributed by atoms with Gasteiger partial charge < -0.3 is 5.32 Å². The Morgan fingerprint density at radius 3 is 2.93 bits per heavy atom. The molecule has 4 heteroatoms. The predicted octanol–water partition coefficient (Wildman–Crippen LogP) is 2.43. The standard InChI is InChI=1S/C10H18BrN3/c1-2-12-6-4-3-5-7-14-9-10(11)8-13-14/h8-9,12H,2-7H2,1H3. The van der Waals surface area contributed by atoms with Crippen LogP contribution in [0, 0.1) is 0 Å². The van der Waals surface area contributed by atoms with Gasteiger partial charge in [0.1, 0.15) is 0 Å². The minimum Gasteiger partial charge on any atom is -0.317 e. The van der Waals surface area contributed by atoms with E-state index in [2.05, 4.69) is 33.3 Å². The summed E-state index contributed by atoms with van der Waals surface area (Å²) in [7, 11) is 0. The molecule has 0 atom stereocenters. The molecule has 1 aromatic heterocycles. The Kier molecular flexibility index (Phi) is 5.87. The molecule has 1 heterocycles. The van der Waals surface area contributed by atoms with Crippen LogP contribution in [0.15, 0.2) is 16.9 Å². The van der Waals surface area contributed by atoms with Gasteiger partial charge in [-0.15, -0.1) is 0 Å². The van der Waals surface area contributed by atoms with Crippen LogP contribution in [0.25, 0.3) is 0 Å². The summed E-state index contributed by atoms with van der Waals surface area (Å²) in [6, 6.07) is 0. The number of nitrogens with zero attached hydrogens (tertiary/aromatic N) is 2. The molecule has 80 valence electrons. The summed E-state index contributed by atoms with van der Waals surface area (Å²) < 4.78 is 3.04. The van der Waals surface area contributed by atoms with Crippen LogP contribution in [0.2, 0.25) is 0 Å². The van der Waals surface area contributed by atoms with Gasteiger partial charge in [0.05, 0.1) is 10.7 Å². The molecule has 0 aromatic carbocycles. The highest BCUT2D eigenvalue weighted by Gasteiger charge is 1.94. The monoisotopic (exact) mass is 259 g/mol. The first-order valence-corrected chi connectivity index (χ1v) is 6.01. The SMILES string of the molecule is CCNCCCCCn1cc(Br)cn1. The zero-order chi connectivity index (χ0) is 10.2. The first-order valence-electron chi connectivity index (χ1n) is 5.21. The lowest BCUT2D eigenvalue weighted by atomic mass is 10.2. The minimum atomic E-state index is 1.03. The Balaban J connectivity index is 1.99. The molecule has 1 N–H and O–H groups in total. The predicted molar refractivity (Wildman–Crippen MR) is 62.3 cm³/mol. The van der Waals surface area contributed by atoms with Crippen molar-refractivity contribution in [2.24, 2.45) is 0 Å². The van der Waals surface area contributed by atoms with E-state index >= 15 is 0 Å². The maximum absolute atomic E-state index is 4.20. The van der Waals surface area contributed by atoms with Crippen LogP contribution in [0.1, 0.15) is 26.2 Å². The molecular weight excluding hydrogens is 242 g/mol. The highest BCUT2D eigenvalue weighted by molar-refractivity contribution is 9.10. The van der Waals surface area contributed by atoms with Gasteiger partial charge in [0, 0.05) is 12.7 Å². The van der Waals surface area contributed by atoms with E-state index in [1.807, 2.05) is 17.1 Å². The van der Waals surface area contributed by atoms with Crippen LogP contribution in [0.3, 0.4) is 0 Å². The van der Waals surface area contributed by atoms with Gasteiger partial charge in [-0.25, -0.2) is 0 Å². The fourth-order valence-corrected chi connectivity index (χ4v) is 1.67. The van der Waals surface area contributed by atoms with Crippen LogP contribution in [0.4, 0.5) is 0 Å². The molecule has 0 unspecified atom stereocenters.